The number of aryl methyl sites for hydroxylation is 3. The Morgan fingerprint density at radius 3 is 1.26 bits per heavy atom. The molecule has 39 heavy (non-hydrogen) atoms. The van der Waals surface area contributed by atoms with E-state index in [0.29, 0.717) is 0 Å². The molecule has 0 aromatic heterocycles. The standard InChI is InChI=1S/C35H31BN2Si/c1-22-16-27-33-28(17-22)38(26-14-10-7-11-15-26)30-19-24(3)21-32-35(30)36(33)34-29(37(27)25-12-8-6-9-13-25)18-23(2)20-31(34)39(32,4)5/h6-21H,1-5H3. The summed E-state index contributed by atoms with van der Waals surface area (Å²) in [6.45, 7) is 12.2. The second kappa shape index (κ2) is 7.77. The van der Waals surface area contributed by atoms with Crippen molar-refractivity contribution in [3.63, 3.8) is 0 Å². The van der Waals surface area contributed by atoms with E-state index in [0.717, 1.165) is 0 Å². The van der Waals surface area contributed by atoms with Crippen molar-refractivity contribution in [1.82, 2.24) is 0 Å². The largest absolute Gasteiger partial charge is 0.311 e. The Kier molecular flexibility index (Phi) is 4.57. The molecule has 4 heteroatoms. The van der Waals surface area contributed by atoms with Crippen LogP contribution in [0.4, 0.5) is 34.1 Å². The maximum Gasteiger partial charge on any atom is 0.251 e. The molecule has 0 saturated carbocycles. The van der Waals surface area contributed by atoms with Crippen molar-refractivity contribution < 1.29 is 0 Å². The molecule has 0 saturated heterocycles. The first kappa shape index (κ1) is 22.9. The van der Waals surface area contributed by atoms with Gasteiger partial charge in [0, 0.05) is 34.1 Å². The van der Waals surface area contributed by atoms with E-state index in [9.17, 15) is 0 Å². The van der Waals surface area contributed by atoms with Crippen molar-refractivity contribution >= 4 is 75.7 Å². The molecule has 0 bridgehead atoms. The highest BCUT2D eigenvalue weighted by atomic mass is 28.3. The highest BCUT2D eigenvalue weighted by Crippen LogP contribution is 2.45. The van der Waals surface area contributed by atoms with Gasteiger partial charge < -0.3 is 9.80 Å². The molecule has 0 radical (unpaired) electrons. The maximum absolute atomic E-state index is 2.56. The van der Waals surface area contributed by atoms with Gasteiger partial charge in [0.1, 0.15) is 8.07 Å². The molecule has 188 valence electrons. The minimum absolute atomic E-state index is 0.243. The average Bonchev–Trinajstić information content (AvgIpc) is 2.92. The SMILES string of the molecule is Cc1cc2c3c(c1)N(c1ccccc1)c1cc(C)cc4c1B3c1c(cc(C)cc1[Si]4(C)C)N2c1ccccc1. The van der Waals surface area contributed by atoms with Gasteiger partial charge in [-0.3, -0.25) is 0 Å². The van der Waals surface area contributed by atoms with E-state index in [1.165, 1.54) is 67.2 Å². The number of rotatable bonds is 2. The lowest BCUT2D eigenvalue weighted by Gasteiger charge is -2.50. The van der Waals surface area contributed by atoms with Crippen LogP contribution >= 0.6 is 0 Å². The summed E-state index contributed by atoms with van der Waals surface area (Å²) in [6, 6.07) is 36.7. The van der Waals surface area contributed by atoms with Crippen LogP contribution in [0, 0.1) is 20.8 Å². The van der Waals surface area contributed by atoms with Crippen molar-refractivity contribution in [1.29, 1.82) is 0 Å². The predicted octanol–water partition coefficient (Wildman–Crippen LogP) is 5.83. The zero-order valence-corrected chi connectivity index (χ0v) is 24.2. The summed E-state index contributed by atoms with van der Waals surface area (Å²) in [6.07, 6.45) is 0. The number of hydrogen-bond donors (Lipinski definition) is 0. The number of hydrogen-bond acceptors (Lipinski definition) is 2. The van der Waals surface area contributed by atoms with Crippen LogP contribution in [0.1, 0.15) is 16.7 Å². The lowest BCUT2D eigenvalue weighted by atomic mass is 9.33. The Balaban J connectivity index is 1.58. The van der Waals surface area contributed by atoms with E-state index >= 15 is 0 Å². The van der Waals surface area contributed by atoms with Crippen LogP contribution in [0.15, 0.2) is 97.1 Å². The van der Waals surface area contributed by atoms with Gasteiger partial charge in [-0.05, 0) is 102 Å². The molecule has 3 aliphatic rings. The minimum atomic E-state index is -2.00. The van der Waals surface area contributed by atoms with Gasteiger partial charge in [-0.15, -0.1) is 0 Å². The third-order valence-electron chi connectivity index (χ3n) is 9.09. The fraction of sp³-hybridized carbons (Fsp3) is 0.143. The molecule has 2 nitrogen and oxygen atoms in total. The van der Waals surface area contributed by atoms with E-state index in [1.807, 2.05) is 0 Å². The van der Waals surface area contributed by atoms with Crippen molar-refractivity contribution in [3.8, 4) is 0 Å². The van der Waals surface area contributed by atoms with Crippen LogP contribution < -0.4 is 36.6 Å². The molecule has 5 aromatic rings. The van der Waals surface area contributed by atoms with Gasteiger partial charge in [-0.25, -0.2) is 0 Å². The molecule has 0 unspecified atom stereocenters. The van der Waals surface area contributed by atoms with E-state index < -0.39 is 8.07 Å². The van der Waals surface area contributed by atoms with Crippen molar-refractivity contribution in [2.75, 3.05) is 9.80 Å². The Hall–Kier alpha value is -4.02. The normalized spacial score (nSPS) is 15.4. The first-order valence-electron chi connectivity index (χ1n) is 14.0. The van der Waals surface area contributed by atoms with E-state index in [4.69, 9.17) is 0 Å². The highest BCUT2D eigenvalue weighted by Gasteiger charge is 2.51. The predicted molar refractivity (Wildman–Crippen MR) is 171 cm³/mol. The minimum Gasteiger partial charge on any atom is -0.311 e. The quantitative estimate of drug-likeness (QED) is 0.266. The highest BCUT2D eigenvalue weighted by molar-refractivity contribution is 7.16. The van der Waals surface area contributed by atoms with E-state index in [2.05, 4.69) is 141 Å². The number of anilines is 6. The van der Waals surface area contributed by atoms with Crippen LogP contribution in [0.25, 0.3) is 0 Å². The second-order valence-electron chi connectivity index (χ2n) is 12.1. The topological polar surface area (TPSA) is 6.48 Å². The molecule has 3 aliphatic heterocycles. The number of nitrogens with zero attached hydrogens (tertiary/aromatic N) is 2. The van der Waals surface area contributed by atoms with Crippen LogP contribution in [0.5, 0.6) is 0 Å². The van der Waals surface area contributed by atoms with Crippen LogP contribution in [0.3, 0.4) is 0 Å². The molecule has 0 amide bonds. The van der Waals surface area contributed by atoms with Crippen LogP contribution in [-0.4, -0.2) is 14.8 Å². The van der Waals surface area contributed by atoms with Crippen molar-refractivity contribution in [2.45, 2.75) is 33.9 Å². The van der Waals surface area contributed by atoms with Crippen LogP contribution in [0.2, 0.25) is 13.1 Å². The van der Waals surface area contributed by atoms with Gasteiger partial charge in [-0.1, -0.05) is 72.0 Å². The Labute approximate surface area is 232 Å². The molecule has 5 aromatic carbocycles. The summed E-state index contributed by atoms with van der Waals surface area (Å²) in [4.78, 5) is 5.10. The lowest BCUT2D eigenvalue weighted by Crippen LogP contribution is -2.79. The molecular formula is C35H31BN2Si. The van der Waals surface area contributed by atoms with Gasteiger partial charge in [0.25, 0.3) is 6.71 Å². The fourth-order valence-corrected chi connectivity index (χ4v) is 10.9. The molecular weight excluding hydrogens is 487 g/mol. The molecule has 0 aliphatic carbocycles. The van der Waals surface area contributed by atoms with Crippen molar-refractivity contribution in [2.24, 2.45) is 0 Å². The summed E-state index contributed by atoms with van der Waals surface area (Å²) in [5, 5.41) is 3.19. The molecule has 3 heterocycles. The van der Waals surface area contributed by atoms with Gasteiger partial charge in [0.2, 0.25) is 0 Å². The maximum atomic E-state index is 2.56. The summed E-state index contributed by atoms with van der Waals surface area (Å²) in [5.74, 6) is 0. The Morgan fingerprint density at radius 2 is 0.846 bits per heavy atom. The van der Waals surface area contributed by atoms with Gasteiger partial charge in [-0.2, -0.15) is 0 Å². The smallest absolute Gasteiger partial charge is 0.251 e. The van der Waals surface area contributed by atoms with E-state index in [1.54, 1.807) is 10.4 Å². The monoisotopic (exact) mass is 518 g/mol. The Bertz CT molecular complexity index is 1700. The van der Waals surface area contributed by atoms with E-state index in [-0.39, 0.29) is 6.71 Å². The Morgan fingerprint density at radius 1 is 0.487 bits per heavy atom. The lowest BCUT2D eigenvalue weighted by molar-refractivity contribution is 1.23. The van der Waals surface area contributed by atoms with Crippen LogP contribution in [-0.2, 0) is 0 Å². The third kappa shape index (κ3) is 2.98. The first-order chi connectivity index (χ1) is 18.8. The summed E-state index contributed by atoms with van der Waals surface area (Å²) >= 11 is 0. The fourth-order valence-electron chi connectivity index (χ4n) is 7.54. The van der Waals surface area contributed by atoms with Gasteiger partial charge in [0.15, 0.2) is 0 Å². The molecule has 0 spiro atoms. The van der Waals surface area contributed by atoms with Crippen molar-refractivity contribution in [3.05, 3.63) is 114 Å². The third-order valence-corrected chi connectivity index (χ3v) is 12.6. The second-order valence-corrected chi connectivity index (χ2v) is 16.4. The molecule has 0 fully saturated rings. The van der Waals surface area contributed by atoms with Gasteiger partial charge >= 0.3 is 0 Å². The van der Waals surface area contributed by atoms with Gasteiger partial charge in [0.05, 0.1) is 0 Å². The molecule has 8 rings (SSSR count). The molecule has 0 N–H and O–H groups in total. The zero-order chi connectivity index (χ0) is 26.6. The zero-order valence-electron chi connectivity index (χ0n) is 23.2. The summed E-state index contributed by atoms with van der Waals surface area (Å²) in [5.41, 5.74) is 16.3. The summed E-state index contributed by atoms with van der Waals surface area (Å²) in [7, 11) is -2.00. The number of benzene rings is 5. The number of para-hydroxylation sites is 2. The summed E-state index contributed by atoms with van der Waals surface area (Å²) < 4.78 is 0. The average molecular weight is 519 g/mol. The first-order valence-corrected chi connectivity index (χ1v) is 17.0. The molecule has 0 atom stereocenters.